The maximum atomic E-state index is 12.5. The van der Waals surface area contributed by atoms with Crippen molar-refractivity contribution >= 4 is 34.5 Å². The van der Waals surface area contributed by atoms with Crippen LogP contribution in [-0.2, 0) is 0 Å². The van der Waals surface area contributed by atoms with E-state index < -0.39 is 0 Å². The normalized spacial score (nSPS) is 18.4. The van der Waals surface area contributed by atoms with E-state index >= 15 is 0 Å². The van der Waals surface area contributed by atoms with Crippen LogP contribution >= 0.6 is 23.4 Å². The average Bonchev–Trinajstić information content (AvgIpc) is 3.23. The second kappa shape index (κ2) is 11.2. The van der Waals surface area contributed by atoms with Gasteiger partial charge in [0.1, 0.15) is 11.9 Å². The highest BCUT2D eigenvalue weighted by atomic mass is 35.5. The van der Waals surface area contributed by atoms with Crippen molar-refractivity contribution < 1.29 is 9.13 Å². The van der Waals surface area contributed by atoms with E-state index in [1.165, 1.54) is 32.7 Å². The Labute approximate surface area is 217 Å². The van der Waals surface area contributed by atoms with Gasteiger partial charge in [-0.1, -0.05) is 54.1 Å². The highest BCUT2D eigenvalue weighted by Gasteiger charge is 2.24. The maximum Gasteiger partial charge on any atom is 0.119 e. The molecule has 0 unspecified atom stereocenters. The fourth-order valence-corrected chi connectivity index (χ4v) is 6.22. The third kappa shape index (κ3) is 5.61. The number of rotatable bonds is 7. The van der Waals surface area contributed by atoms with Crippen molar-refractivity contribution in [2.45, 2.75) is 37.2 Å². The number of hydrogen-bond acceptors (Lipinski definition) is 3. The molecule has 1 atom stereocenters. The van der Waals surface area contributed by atoms with Gasteiger partial charge >= 0.3 is 0 Å². The zero-order chi connectivity index (χ0) is 24.2. The molecule has 5 rings (SSSR count). The molecule has 0 amide bonds. The molecule has 0 radical (unpaired) electrons. The smallest absolute Gasteiger partial charge is 0.119 e. The number of allylic oxidation sites excluding steroid dienone is 1. The number of likely N-dealkylation sites (tertiary alicyclic amines) is 1. The molecule has 5 heteroatoms. The van der Waals surface area contributed by atoms with E-state index in [0.29, 0.717) is 6.42 Å². The number of ether oxygens (including phenoxy) is 1. The van der Waals surface area contributed by atoms with Crippen molar-refractivity contribution in [1.29, 1.82) is 0 Å². The van der Waals surface area contributed by atoms with Crippen molar-refractivity contribution in [1.82, 2.24) is 4.90 Å². The summed E-state index contributed by atoms with van der Waals surface area (Å²) in [6.07, 6.45) is 2.75. The maximum absolute atomic E-state index is 12.5. The van der Waals surface area contributed by atoms with Gasteiger partial charge in [0, 0.05) is 35.3 Å². The Bertz CT molecular complexity index is 1210. The molecule has 2 nitrogen and oxygen atoms in total. The predicted molar refractivity (Wildman–Crippen MR) is 146 cm³/mol. The van der Waals surface area contributed by atoms with E-state index in [0.717, 1.165) is 54.6 Å². The average molecular weight is 508 g/mol. The van der Waals surface area contributed by atoms with E-state index in [4.69, 9.17) is 16.3 Å². The molecular formula is C30H31ClFNOS. The molecule has 0 spiro atoms. The first-order valence-corrected chi connectivity index (χ1v) is 13.8. The standard InChI is InChI=1S/C30H31ClFNOS/c1-21-19-23(9-12-28(21)31)26-14-18-35-29-6-3-2-5-27(29)30(26)22-7-10-24(11-8-22)34-25-13-17-33(20-25)16-4-15-32/h2-3,5-12,19,25H,4,13-18,20H2,1H3/t25-/m0/s1. The summed E-state index contributed by atoms with van der Waals surface area (Å²) in [6.45, 7) is 4.48. The van der Waals surface area contributed by atoms with Gasteiger partial charge in [-0.2, -0.15) is 0 Å². The highest BCUT2D eigenvalue weighted by molar-refractivity contribution is 7.99. The van der Waals surface area contributed by atoms with Gasteiger partial charge in [0.15, 0.2) is 0 Å². The molecule has 2 aliphatic heterocycles. The van der Waals surface area contributed by atoms with E-state index in [-0.39, 0.29) is 12.8 Å². The second-order valence-corrected chi connectivity index (χ2v) is 10.9. The molecular weight excluding hydrogens is 477 g/mol. The lowest BCUT2D eigenvalue weighted by atomic mass is 9.88. The number of nitrogens with zero attached hydrogens (tertiary/aromatic N) is 1. The van der Waals surface area contributed by atoms with Gasteiger partial charge in [-0.3, -0.25) is 9.29 Å². The van der Waals surface area contributed by atoms with Gasteiger partial charge in [-0.05, 0) is 83.9 Å². The van der Waals surface area contributed by atoms with E-state index in [1.54, 1.807) is 0 Å². The Morgan fingerprint density at radius 2 is 1.86 bits per heavy atom. The molecule has 0 aliphatic carbocycles. The topological polar surface area (TPSA) is 12.5 Å². The SMILES string of the molecule is Cc1cc(C2=C(c3ccc(O[C@H]4CCN(CCCF)C4)cc3)c3ccccc3SCC2)ccc1Cl. The van der Waals surface area contributed by atoms with Crippen LogP contribution in [0.1, 0.15) is 41.5 Å². The molecule has 0 N–H and O–H groups in total. The molecule has 182 valence electrons. The summed E-state index contributed by atoms with van der Waals surface area (Å²) in [5.41, 5.74) is 7.46. The quantitative estimate of drug-likeness (QED) is 0.322. The third-order valence-corrected chi connectivity index (χ3v) is 8.36. The minimum atomic E-state index is -0.251. The molecule has 35 heavy (non-hydrogen) atoms. The minimum Gasteiger partial charge on any atom is -0.489 e. The second-order valence-electron chi connectivity index (χ2n) is 9.31. The fraction of sp³-hybridized carbons (Fsp3) is 0.333. The summed E-state index contributed by atoms with van der Waals surface area (Å²) in [4.78, 5) is 3.62. The summed E-state index contributed by atoms with van der Waals surface area (Å²) in [6, 6.07) is 23.6. The van der Waals surface area contributed by atoms with E-state index in [2.05, 4.69) is 72.5 Å². The van der Waals surface area contributed by atoms with Gasteiger partial charge in [0.2, 0.25) is 0 Å². The first-order valence-electron chi connectivity index (χ1n) is 12.4. The van der Waals surface area contributed by atoms with Gasteiger partial charge < -0.3 is 4.74 Å². The lowest BCUT2D eigenvalue weighted by Gasteiger charge is -2.18. The predicted octanol–water partition coefficient (Wildman–Crippen LogP) is 7.92. The molecule has 1 saturated heterocycles. The van der Waals surface area contributed by atoms with Crippen LogP contribution in [0.3, 0.4) is 0 Å². The van der Waals surface area contributed by atoms with Crippen LogP contribution in [0.5, 0.6) is 5.75 Å². The van der Waals surface area contributed by atoms with Crippen LogP contribution in [-0.4, -0.2) is 43.1 Å². The number of benzene rings is 3. The number of hydrogen-bond donors (Lipinski definition) is 0. The van der Waals surface area contributed by atoms with Gasteiger partial charge in [0.25, 0.3) is 0 Å². The summed E-state index contributed by atoms with van der Waals surface area (Å²) in [5.74, 6) is 1.94. The Morgan fingerprint density at radius 3 is 2.66 bits per heavy atom. The van der Waals surface area contributed by atoms with Crippen molar-refractivity contribution in [3.8, 4) is 5.75 Å². The molecule has 0 bridgehead atoms. The van der Waals surface area contributed by atoms with Crippen LogP contribution in [0, 0.1) is 6.92 Å². The van der Waals surface area contributed by atoms with Crippen molar-refractivity contribution in [2.24, 2.45) is 0 Å². The zero-order valence-corrected chi connectivity index (χ0v) is 21.7. The Hall–Kier alpha value is -2.27. The molecule has 3 aromatic carbocycles. The van der Waals surface area contributed by atoms with Crippen molar-refractivity contribution in [3.63, 3.8) is 0 Å². The number of aryl methyl sites for hydroxylation is 1. The largest absolute Gasteiger partial charge is 0.489 e. The lowest BCUT2D eigenvalue weighted by Crippen LogP contribution is -2.26. The minimum absolute atomic E-state index is 0.169. The monoisotopic (exact) mass is 507 g/mol. The zero-order valence-electron chi connectivity index (χ0n) is 20.1. The molecule has 0 aromatic heterocycles. The van der Waals surface area contributed by atoms with Crippen LogP contribution in [0.2, 0.25) is 5.02 Å². The van der Waals surface area contributed by atoms with Crippen LogP contribution in [0.25, 0.3) is 11.1 Å². The summed E-state index contributed by atoms with van der Waals surface area (Å²) >= 11 is 8.28. The fourth-order valence-electron chi connectivity index (χ4n) is 5.07. The summed E-state index contributed by atoms with van der Waals surface area (Å²) in [5, 5.41) is 0.802. The lowest BCUT2D eigenvalue weighted by molar-refractivity contribution is 0.198. The van der Waals surface area contributed by atoms with Crippen LogP contribution in [0.15, 0.2) is 71.6 Å². The number of thioether (sulfide) groups is 1. The van der Waals surface area contributed by atoms with Crippen LogP contribution < -0.4 is 4.74 Å². The Morgan fingerprint density at radius 1 is 1.06 bits per heavy atom. The highest BCUT2D eigenvalue weighted by Crippen LogP contribution is 2.43. The first kappa shape index (κ1) is 24.4. The Kier molecular flexibility index (Phi) is 7.81. The van der Waals surface area contributed by atoms with Gasteiger partial charge in [-0.25, -0.2) is 0 Å². The molecule has 3 aromatic rings. The number of alkyl halides is 1. The third-order valence-electron chi connectivity index (χ3n) is 6.86. The molecule has 1 fully saturated rings. The van der Waals surface area contributed by atoms with E-state index in [9.17, 15) is 4.39 Å². The summed E-state index contributed by atoms with van der Waals surface area (Å²) in [7, 11) is 0. The van der Waals surface area contributed by atoms with Crippen molar-refractivity contribution in [2.75, 3.05) is 32.1 Å². The number of halogens is 2. The Balaban J connectivity index is 1.46. The van der Waals surface area contributed by atoms with Crippen molar-refractivity contribution in [3.05, 3.63) is 94.0 Å². The molecule has 2 heterocycles. The first-order chi connectivity index (χ1) is 17.1. The molecule has 0 saturated carbocycles. The summed E-state index contributed by atoms with van der Waals surface area (Å²) < 4.78 is 18.8. The van der Waals surface area contributed by atoms with Gasteiger partial charge in [0.05, 0.1) is 6.67 Å². The molecule has 2 aliphatic rings. The van der Waals surface area contributed by atoms with E-state index in [1.807, 2.05) is 17.8 Å². The van der Waals surface area contributed by atoms with Crippen LogP contribution in [0.4, 0.5) is 4.39 Å². The van der Waals surface area contributed by atoms with Gasteiger partial charge in [-0.15, -0.1) is 11.8 Å². The number of fused-ring (bicyclic) bond motifs is 1.